The smallest absolute Gasteiger partial charge is 0.327 e. The fourth-order valence-corrected chi connectivity index (χ4v) is 3.69. The summed E-state index contributed by atoms with van der Waals surface area (Å²) in [6.07, 6.45) is -0.335. The van der Waals surface area contributed by atoms with Gasteiger partial charge in [0.1, 0.15) is 6.54 Å². The standard InChI is InChI=1S/C17H18ClNO4S/c1-13(2)23-17(20)12-19(15-8-6-7-14(18)11-15)24(21,22)16-9-4-3-5-10-16/h3-11,13H,12H2,1-2H3. The van der Waals surface area contributed by atoms with Crippen LogP contribution >= 0.6 is 11.6 Å². The first-order valence-electron chi connectivity index (χ1n) is 7.33. The molecule has 0 spiro atoms. The van der Waals surface area contributed by atoms with Crippen LogP contribution in [-0.4, -0.2) is 27.0 Å². The van der Waals surface area contributed by atoms with Crippen LogP contribution in [0.5, 0.6) is 0 Å². The van der Waals surface area contributed by atoms with Crippen LogP contribution < -0.4 is 4.31 Å². The van der Waals surface area contributed by atoms with E-state index in [1.54, 1.807) is 50.2 Å². The van der Waals surface area contributed by atoms with Gasteiger partial charge in [0.25, 0.3) is 10.0 Å². The minimum Gasteiger partial charge on any atom is -0.462 e. The third-order valence-electron chi connectivity index (χ3n) is 3.07. The summed E-state index contributed by atoms with van der Waals surface area (Å²) in [7, 11) is -3.93. The van der Waals surface area contributed by atoms with Crippen molar-refractivity contribution >= 4 is 33.3 Å². The molecule has 2 aromatic carbocycles. The van der Waals surface area contributed by atoms with Crippen LogP contribution in [0.15, 0.2) is 59.5 Å². The van der Waals surface area contributed by atoms with E-state index < -0.39 is 22.5 Å². The molecule has 0 fully saturated rings. The van der Waals surface area contributed by atoms with Gasteiger partial charge in [-0.2, -0.15) is 0 Å². The molecule has 0 heterocycles. The molecule has 0 saturated heterocycles. The molecule has 0 aliphatic rings. The summed E-state index contributed by atoms with van der Waals surface area (Å²) in [5.41, 5.74) is 0.298. The highest BCUT2D eigenvalue weighted by Gasteiger charge is 2.28. The van der Waals surface area contributed by atoms with Crippen LogP contribution in [0.3, 0.4) is 0 Å². The molecule has 2 rings (SSSR count). The van der Waals surface area contributed by atoms with Gasteiger partial charge < -0.3 is 4.74 Å². The van der Waals surface area contributed by atoms with Crippen LogP contribution in [0, 0.1) is 0 Å². The lowest BCUT2D eigenvalue weighted by Crippen LogP contribution is -2.37. The van der Waals surface area contributed by atoms with Crippen molar-refractivity contribution in [2.45, 2.75) is 24.8 Å². The lowest BCUT2D eigenvalue weighted by molar-refractivity contribution is -0.145. The average Bonchev–Trinajstić information content (AvgIpc) is 2.52. The second kappa shape index (κ2) is 7.68. The summed E-state index contributed by atoms with van der Waals surface area (Å²) in [4.78, 5) is 12.1. The fraction of sp³-hybridized carbons (Fsp3) is 0.235. The Balaban J connectivity index is 2.45. The van der Waals surface area contributed by atoms with Gasteiger partial charge in [0.15, 0.2) is 0 Å². The van der Waals surface area contributed by atoms with E-state index in [0.29, 0.717) is 10.7 Å². The van der Waals surface area contributed by atoms with Crippen molar-refractivity contribution in [1.29, 1.82) is 0 Å². The Morgan fingerprint density at radius 2 is 1.79 bits per heavy atom. The van der Waals surface area contributed by atoms with Gasteiger partial charge in [0.05, 0.1) is 16.7 Å². The molecule has 0 aliphatic carbocycles. The number of hydrogen-bond donors (Lipinski definition) is 0. The Morgan fingerprint density at radius 1 is 1.12 bits per heavy atom. The number of hydrogen-bond acceptors (Lipinski definition) is 4. The van der Waals surface area contributed by atoms with E-state index in [2.05, 4.69) is 0 Å². The summed E-state index contributed by atoms with van der Waals surface area (Å²) in [5.74, 6) is -0.635. The van der Waals surface area contributed by atoms with E-state index in [0.717, 1.165) is 4.31 Å². The van der Waals surface area contributed by atoms with Crippen molar-refractivity contribution in [3.63, 3.8) is 0 Å². The first-order valence-corrected chi connectivity index (χ1v) is 9.15. The summed E-state index contributed by atoms with van der Waals surface area (Å²) in [5, 5.41) is 0.373. The van der Waals surface area contributed by atoms with Gasteiger partial charge in [0, 0.05) is 5.02 Å². The van der Waals surface area contributed by atoms with E-state index >= 15 is 0 Å². The molecular formula is C17H18ClNO4S. The van der Waals surface area contributed by atoms with Crippen LogP contribution in [0.25, 0.3) is 0 Å². The number of anilines is 1. The average molecular weight is 368 g/mol. The van der Waals surface area contributed by atoms with Gasteiger partial charge in [-0.3, -0.25) is 9.10 Å². The Hall–Kier alpha value is -2.05. The molecule has 128 valence electrons. The van der Waals surface area contributed by atoms with Crippen LogP contribution in [0.2, 0.25) is 5.02 Å². The summed E-state index contributed by atoms with van der Waals surface area (Å²) >= 11 is 5.97. The highest BCUT2D eigenvalue weighted by atomic mass is 35.5. The number of sulfonamides is 1. The lowest BCUT2D eigenvalue weighted by atomic mass is 10.3. The predicted molar refractivity (Wildman–Crippen MR) is 93.7 cm³/mol. The maximum atomic E-state index is 12.9. The minimum absolute atomic E-state index is 0.0855. The second-order valence-electron chi connectivity index (χ2n) is 5.34. The van der Waals surface area contributed by atoms with Gasteiger partial charge in [-0.15, -0.1) is 0 Å². The topological polar surface area (TPSA) is 63.7 Å². The van der Waals surface area contributed by atoms with Crippen molar-refractivity contribution in [2.75, 3.05) is 10.8 Å². The highest BCUT2D eigenvalue weighted by Crippen LogP contribution is 2.26. The maximum Gasteiger partial charge on any atom is 0.327 e. The Labute approximate surface area is 146 Å². The van der Waals surface area contributed by atoms with E-state index in [1.165, 1.54) is 18.2 Å². The van der Waals surface area contributed by atoms with E-state index in [-0.39, 0.29) is 11.0 Å². The van der Waals surface area contributed by atoms with Crippen molar-refractivity contribution < 1.29 is 17.9 Å². The van der Waals surface area contributed by atoms with Crippen molar-refractivity contribution in [1.82, 2.24) is 0 Å². The van der Waals surface area contributed by atoms with Crippen molar-refractivity contribution in [3.05, 3.63) is 59.6 Å². The zero-order chi connectivity index (χ0) is 17.7. The summed E-state index contributed by atoms with van der Waals surface area (Å²) in [6, 6.07) is 14.2. The molecule has 0 aliphatic heterocycles. The molecule has 0 saturated carbocycles. The molecule has 0 radical (unpaired) electrons. The molecule has 0 unspecified atom stereocenters. The molecule has 7 heteroatoms. The molecule has 0 atom stereocenters. The van der Waals surface area contributed by atoms with Crippen LogP contribution in [-0.2, 0) is 19.6 Å². The summed E-state index contributed by atoms with van der Waals surface area (Å²) in [6.45, 7) is 2.97. The number of carbonyl (C=O) groups is 1. The number of ether oxygens (including phenoxy) is 1. The zero-order valence-corrected chi connectivity index (χ0v) is 14.9. The molecule has 5 nitrogen and oxygen atoms in total. The monoisotopic (exact) mass is 367 g/mol. The lowest BCUT2D eigenvalue weighted by Gasteiger charge is -2.24. The number of carbonyl (C=O) groups excluding carboxylic acids is 1. The number of nitrogens with zero attached hydrogens (tertiary/aromatic N) is 1. The first-order chi connectivity index (χ1) is 11.3. The Bertz CT molecular complexity index is 806. The largest absolute Gasteiger partial charge is 0.462 e. The minimum atomic E-state index is -3.93. The van der Waals surface area contributed by atoms with E-state index in [9.17, 15) is 13.2 Å². The van der Waals surface area contributed by atoms with Gasteiger partial charge in [-0.25, -0.2) is 8.42 Å². The molecule has 0 amide bonds. The number of rotatable bonds is 6. The molecule has 24 heavy (non-hydrogen) atoms. The predicted octanol–water partition coefficient (Wildman–Crippen LogP) is 3.49. The Morgan fingerprint density at radius 3 is 2.38 bits per heavy atom. The molecule has 0 N–H and O–H groups in total. The SMILES string of the molecule is CC(C)OC(=O)CN(c1cccc(Cl)c1)S(=O)(=O)c1ccccc1. The highest BCUT2D eigenvalue weighted by molar-refractivity contribution is 7.92. The molecular weight excluding hydrogens is 350 g/mol. The van der Waals surface area contributed by atoms with Crippen LogP contribution in [0.4, 0.5) is 5.69 Å². The quantitative estimate of drug-likeness (QED) is 0.733. The molecule has 0 aromatic heterocycles. The summed E-state index contributed by atoms with van der Waals surface area (Å²) < 4.78 is 32.0. The van der Waals surface area contributed by atoms with Crippen molar-refractivity contribution in [2.24, 2.45) is 0 Å². The number of benzene rings is 2. The third-order valence-corrected chi connectivity index (χ3v) is 5.09. The zero-order valence-electron chi connectivity index (χ0n) is 13.3. The first kappa shape index (κ1) is 18.3. The maximum absolute atomic E-state index is 12.9. The normalized spacial score (nSPS) is 11.3. The Kier molecular flexibility index (Phi) is 5.85. The van der Waals surface area contributed by atoms with Gasteiger partial charge in [-0.05, 0) is 44.2 Å². The third kappa shape index (κ3) is 4.49. The van der Waals surface area contributed by atoms with Crippen LogP contribution in [0.1, 0.15) is 13.8 Å². The second-order valence-corrected chi connectivity index (χ2v) is 7.64. The molecule has 0 bridgehead atoms. The van der Waals surface area contributed by atoms with Crippen molar-refractivity contribution in [3.8, 4) is 0 Å². The number of halogens is 1. The van der Waals surface area contributed by atoms with E-state index in [1.807, 2.05) is 0 Å². The molecule has 2 aromatic rings. The fourth-order valence-electron chi connectivity index (χ4n) is 2.08. The van der Waals surface area contributed by atoms with Gasteiger partial charge in [0.2, 0.25) is 0 Å². The number of esters is 1. The van der Waals surface area contributed by atoms with Gasteiger partial charge in [-0.1, -0.05) is 35.9 Å². The van der Waals surface area contributed by atoms with E-state index in [4.69, 9.17) is 16.3 Å². The van der Waals surface area contributed by atoms with Gasteiger partial charge >= 0.3 is 5.97 Å².